The summed E-state index contributed by atoms with van der Waals surface area (Å²) in [6.45, 7) is 6.60. The smallest absolute Gasteiger partial charge is 0.335 e. The zero-order chi connectivity index (χ0) is 22.7. The first-order chi connectivity index (χ1) is 15.3. The summed E-state index contributed by atoms with van der Waals surface area (Å²) in [5.41, 5.74) is 4.67. The molecule has 0 saturated heterocycles. The highest BCUT2D eigenvalue weighted by Gasteiger charge is 2.18. The molecule has 0 aliphatic heterocycles. The van der Waals surface area contributed by atoms with Gasteiger partial charge in [-0.15, -0.1) is 10.2 Å². The Bertz CT molecular complexity index is 1210. The third kappa shape index (κ3) is 4.75. The molecule has 0 fully saturated rings. The predicted octanol–water partition coefficient (Wildman–Crippen LogP) is 6.22. The summed E-state index contributed by atoms with van der Waals surface area (Å²) in [5, 5.41) is 18.9. The van der Waals surface area contributed by atoms with Crippen LogP contribution >= 0.6 is 11.8 Å². The molecule has 162 valence electrons. The van der Waals surface area contributed by atoms with Crippen LogP contribution in [0, 0.1) is 0 Å². The van der Waals surface area contributed by atoms with Crippen LogP contribution in [0.3, 0.4) is 0 Å². The second-order valence-corrected chi connectivity index (χ2v) is 9.54. The second-order valence-electron chi connectivity index (χ2n) is 8.60. The van der Waals surface area contributed by atoms with Crippen LogP contribution in [0.25, 0.3) is 17.1 Å². The predicted molar refractivity (Wildman–Crippen MR) is 128 cm³/mol. The Morgan fingerprint density at radius 1 is 0.906 bits per heavy atom. The highest BCUT2D eigenvalue weighted by Crippen LogP contribution is 2.31. The van der Waals surface area contributed by atoms with Crippen molar-refractivity contribution < 1.29 is 9.90 Å². The van der Waals surface area contributed by atoms with Crippen LogP contribution in [0.1, 0.15) is 42.3 Å². The number of thioether (sulfide) groups is 1. The van der Waals surface area contributed by atoms with Crippen molar-refractivity contribution in [1.82, 2.24) is 14.8 Å². The lowest BCUT2D eigenvalue weighted by Crippen LogP contribution is -2.10. The first kappa shape index (κ1) is 21.8. The van der Waals surface area contributed by atoms with Crippen molar-refractivity contribution in [3.63, 3.8) is 0 Å². The van der Waals surface area contributed by atoms with Gasteiger partial charge in [0.15, 0.2) is 11.0 Å². The summed E-state index contributed by atoms with van der Waals surface area (Å²) in [6.07, 6.45) is 0. The standard InChI is InChI=1S/C26H25N3O2S/c1-26(2,3)21-15-13-19(14-16-21)23-27-28-25(29(23)22-7-5-4-6-8-22)32-17-18-9-11-20(12-10-18)24(30)31/h4-16H,17H2,1-3H3,(H,30,31). The first-order valence-electron chi connectivity index (χ1n) is 10.4. The van der Waals surface area contributed by atoms with Gasteiger partial charge >= 0.3 is 5.97 Å². The van der Waals surface area contributed by atoms with Gasteiger partial charge in [-0.2, -0.15) is 0 Å². The molecule has 3 aromatic carbocycles. The number of carboxylic acids is 1. The fourth-order valence-corrected chi connectivity index (χ4v) is 4.28. The number of carbonyl (C=O) groups is 1. The van der Waals surface area contributed by atoms with E-state index in [-0.39, 0.29) is 11.0 Å². The third-order valence-corrected chi connectivity index (χ3v) is 6.23. The zero-order valence-electron chi connectivity index (χ0n) is 18.3. The van der Waals surface area contributed by atoms with E-state index in [1.165, 1.54) is 5.56 Å². The summed E-state index contributed by atoms with van der Waals surface area (Å²) in [4.78, 5) is 11.1. The summed E-state index contributed by atoms with van der Waals surface area (Å²) < 4.78 is 2.07. The molecule has 0 atom stereocenters. The number of carboxylic acid groups (broad SMARTS) is 1. The molecule has 4 rings (SSSR count). The Labute approximate surface area is 192 Å². The van der Waals surface area contributed by atoms with E-state index in [0.717, 1.165) is 27.8 Å². The van der Waals surface area contributed by atoms with Crippen molar-refractivity contribution in [2.45, 2.75) is 37.1 Å². The van der Waals surface area contributed by atoms with Gasteiger partial charge in [0.1, 0.15) is 0 Å². The van der Waals surface area contributed by atoms with E-state index in [0.29, 0.717) is 5.75 Å². The number of aromatic carboxylic acids is 1. The molecule has 1 heterocycles. The monoisotopic (exact) mass is 443 g/mol. The van der Waals surface area contributed by atoms with Gasteiger partial charge in [0.25, 0.3) is 0 Å². The van der Waals surface area contributed by atoms with Crippen molar-refractivity contribution >= 4 is 17.7 Å². The fourth-order valence-electron chi connectivity index (χ4n) is 3.37. The fraction of sp³-hybridized carbons (Fsp3) is 0.192. The molecule has 0 unspecified atom stereocenters. The van der Waals surface area contributed by atoms with E-state index in [9.17, 15) is 4.79 Å². The number of nitrogens with zero attached hydrogens (tertiary/aromatic N) is 3. The Balaban J connectivity index is 1.66. The molecule has 0 saturated carbocycles. The molecule has 32 heavy (non-hydrogen) atoms. The second kappa shape index (κ2) is 9.01. The van der Waals surface area contributed by atoms with Crippen molar-refractivity contribution in [2.75, 3.05) is 0 Å². The Morgan fingerprint density at radius 3 is 2.16 bits per heavy atom. The molecule has 1 N–H and O–H groups in total. The largest absolute Gasteiger partial charge is 0.478 e. The molecule has 5 nitrogen and oxygen atoms in total. The van der Waals surface area contributed by atoms with Gasteiger partial charge in [-0.25, -0.2) is 4.79 Å². The number of hydrogen-bond donors (Lipinski definition) is 1. The number of benzene rings is 3. The molecule has 1 aromatic heterocycles. The molecular weight excluding hydrogens is 418 g/mol. The highest BCUT2D eigenvalue weighted by atomic mass is 32.2. The Morgan fingerprint density at radius 2 is 1.56 bits per heavy atom. The van der Waals surface area contributed by atoms with Crippen LogP contribution in [0.2, 0.25) is 0 Å². The molecule has 0 spiro atoms. The lowest BCUT2D eigenvalue weighted by molar-refractivity contribution is 0.0697. The number of rotatable bonds is 6. The average Bonchev–Trinajstić information content (AvgIpc) is 3.22. The van der Waals surface area contributed by atoms with Gasteiger partial charge < -0.3 is 5.11 Å². The van der Waals surface area contributed by atoms with Gasteiger partial charge in [0, 0.05) is 17.0 Å². The normalized spacial score (nSPS) is 11.5. The van der Waals surface area contributed by atoms with Crippen molar-refractivity contribution in [1.29, 1.82) is 0 Å². The van der Waals surface area contributed by atoms with Gasteiger partial charge in [-0.3, -0.25) is 4.57 Å². The van der Waals surface area contributed by atoms with Crippen molar-refractivity contribution in [3.05, 3.63) is 95.6 Å². The summed E-state index contributed by atoms with van der Waals surface area (Å²) in [6, 6.07) is 25.5. The summed E-state index contributed by atoms with van der Waals surface area (Å²) in [7, 11) is 0. The molecule has 0 amide bonds. The number of para-hydroxylation sites is 1. The SMILES string of the molecule is CC(C)(C)c1ccc(-c2nnc(SCc3ccc(C(=O)O)cc3)n2-c2ccccc2)cc1. The molecule has 6 heteroatoms. The Kier molecular flexibility index (Phi) is 6.15. The maximum atomic E-state index is 11.1. The topological polar surface area (TPSA) is 68.0 Å². The first-order valence-corrected chi connectivity index (χ1v) is 11.4. The third-order valence-electron chi connectivity index (χ3n) is 5.23. The van der Waals surface area contributed by atoms with E-state index in [1.54, 1.807) is 23.9 Å². The van der Waals surface area contributed by atoms with E-state index in [2.05, 4.69) is 59.8 Å². The Hall–Kier alpha value is -3.38. The van der Waals surface area contributed by atoms with Crippen LogP contribution in [0.5, 0.6) is 0 Å². The van der Waals surface area contributed by atoms with Gasteiger partial charge in [-0.05, 0) is 40.8 Å². The van der Waals surface area contributed by atoms with Crippen molar-refractivity contribution in [2.24, 2.45) is 0 Å². The van der Waals surface area contributed by atoms with Gasteiger partial charge in [-0.1, -0.05) is 87.1 Å². The maximum Gasteiger partial charge on any atom is 0.335 e. The van der Waals surface area contributed by atoms with Gasteiger partial charge in [0.05, 0.1) is 5.56 Å². The quantitative estimate of drug-likeness (QED) is 0.358. The molecule has 0 aliphatic carbocycles. The van der Waals surface area contributed by atoms with Crippen LogP contribution < -0.4 is 0 Å². The summed E-state index contributed by atoms with van der Waals surface area (Å²) in [5.74, 6) is 0.531. The van der Waals surface area contributed by atoms with Crippen molar-refractivity contribution in [3.8, 4) is 17.1 Å². The van der Waals surface area contributed by atoms with Crippen LogP contribution in [-0.2, 0) is 11.2 Å². The van der Waals surface area contributed by atoms with E-state index < -0.39 is 5.97 Å². The van der Waals surface area contributed by atoms with Crippen LogP contribution in [0.15, 0.2) is 84.0 Å². The van der Waals surface area contributed by atoms with Crippen LogP contribution in [0.4, 0.5) is 0 Å². The molecule has 4 aromatic rings. The number of hydrogen-bond acceptors (Lipinski definition) is 4. The minimum atomic E-state index is -0.921. The number of aromatic nitrogens is 3. The highest BCUT2D eigenvalue weighted by molar-refractivity contribution is 7.98. The molecule has 0 radical (unpaired) electrons. The van der Waals surface area contributed by atoms with E-state index in [4.69, 9.17) is 5.11 Å². The maximum absolute atomic E-state index is 11.1. The average molecular weight is 444 g/mol. The van der Waals surface area contributed by atoms with Crippen LogP contribution in [-0.4, -0.2) is 25.8 Å². The van der Waals surface area contributed by atoms with Gasteiger partial charge in [0.2, 0.25) is 0 Å². The lowest BCUT2D eigenvalue weighted by atomic mass is 9.87. The molecule has 0 bridgehead atoms. The molecular formula is C26H25N3O2S. The van der Waals surface area contributed by atoms with E-state index >= 15 is 0 Å². The minimum Gasteiger partial charge on any atom is -0.478 e. The van der Waals surface area contributed by atoms with E-state index in [1.807, 2.05) is 42.5 Å². The summed E-state index contributed by atoms with van der Waals surface area (Å²) >= 11 is 1.57. The molecule has 0 aliphatic rings. The zero-order valence-corrected chi connectivity index (χ0v) is 19.1. The minimum absolute atomic E-state index is 0.0861. The lowest BCUT2D eigenvalue weighted by Gasteiger charge is -2.19.